The molecule has 1 rings (SSSR count). The molecule has 0 spiro atoms. The lowest BCUT2D eigenvalue weighted by molar-refractivity contribution is -0.128. The van der Waals surface area contributed by atoms with Gasteiger partial charge in [0.1, 0.15) is 0 Å². The lowest BCUT2D eigenvalue weighted by Gasteiger charge is -2.25. The maximum Gasteiger partial charge on any atom is 0.219 e. The fourth-order valence-electron chi connectivity index (χ4n) is 2.33. The summed E-state index contributed by atoms with van der Waals surface area (Å²) in [6.45, 7) is 7.83. The number of likely N-dealkylation sites (tertiary alicyclic amines) is 1. The van der Waals surface area contributed by atoms with Crippen LogP contribution >= 0.6 is 0 Å². The number of rotatable bonds is 3. The molecule has 1 heterocycles. The Bertz CT molecular complexity index is 203. The summed E-state index contributed by atoms with van der Waals surface area (Å²) in [7, 11) is 0. The van der Waals surface area contributed by atoms with Gasteiger partial charge in [-0.25, -0.2) is 0 Å². The standard InChI is InChI=1S/C11H21NO2/c1-8(2)11(7-13)10-4-5-12(6-10)9(3)14/h8,10-11,13H,4-7H2,1-3H3. The van der Waals surface area contributed by atoms with Gasteiger partial charge in [0.25, 0.3) is 0 Å². The van der Waals surface area contributed by atoms with Crippen molar-refractivity contribution in [3.8, 4) is 0 Å². The second kappa shape index (κ2) is 4.78. The molecule has 0 aliphatic carbocycles. The van der Waals surface area contributed by atoms with Gasteiger partial charge in [-0.15, -0.1) is 0 Å². The largest absolute Gasteiger partial charge is 0.396 e. The second-order valence-corrected chi connectivity index (χ2v) is 4.60. The Labute approximate surface area is 86.1 Å². The molecule has 0 saturated carbocycles. The van der Waals surface area contributed by atoms with Gasteiger partial charge in [-0.05, 0) is 24.2 Å². The highest BCUT2D eigenvalue weighted by Crippen LogP contribution is 2.28. The summed E-state index contributed by atoms with van der Waals surface area (Å²) in [5.41, 5.74) is 0. The minimum Gasteiger partial charge on any atom is -0.396 e. The first-order chi connectivity index (χ1) is 6.56. The van der Waals surface area contributed by atoms with E-state index in [9.17, 15) is 9.90 Å². The number of nitrogens with zero attached hydrogens (tertiary/aromatic N) is 1. The summed E-state index contributed by atoms with van der Waals surface area (Å²) in [5, 5.41) is 9.28. The van der Waals surface area contributed by atoms with E-state index in [4.69, 9.17) is 0 Å². The molecule has 1 saturated heterocycles. The molecule has 0 aromatic heterocycles. The van der Waals surface area contributed by atoms with Gasteiger partial charge in [0.05, 0.1) is 0 Å². The van der Waals surface area contributed by atoms with E-state index in [-0.39, 0.29) is 12.5 Å². The van der Waals surface area contributed by atoms with Gasteiger partial charge in [0.2, 0.25) is 5.91 Å². The highest BCUT2D eigenvalue weighted by atomic mass is 16.3. The quantitative estimate of drug-likeness (QED) is 0.740. The van der Waals surface area contributed by atoms with Crippen molar-refractivity contribution in [1.29, 1.82) is 0 Å². The molecule has 0 bridgehead atoms. The monoisotopic (exact) mass is 199 g/mol. The zero-order valence-corrected chi connectivity index (χ0v) is 9.36. The van der Waals surface area contributed by atoms with Gasteiger partial charge in [0.15, 0.2) is 0 Å². The van der Waals surface area contributed by atoms with Crippen LogP contribution in [0.1, 0.15) is 27.2 Å². The van der Waals surface area contributed by atoms with Crippen LogP contribution in [-0.4, -0.2) is 35.6 Å². The van der Waals surface area contributed by atoms with Crippen LogP contribution in [0.15, 0.2) is 0 Å². The van der Waals surface area contributed by atoms with E-state index in [1.54, 1.807) is 6.92 Å². The predicted molar refractivity (Wildman–Crippen MR) is 55.8 cm³/mol. The fraction of sp³-hybridized carbons (Fsp3) is 0.909. The van der Waals surface area contributed by atoms with Crippen molar-refractivity contribution in [2.24, 2.45) is 17.8 Å². The Hall–Kier alpha value is -0.570. The van der Waals surface area contributed by atoms with Gasteiger partial charge in [-0.1, -0.05) is 13.8 Å². The summed E-state index contributed by atoms with van der Waals surface area (Å²) in [4.78, 5) is 13.0. The van der Waals surface area contributed by atoms with E-state index in [0.29, 0.717) is 17.8 Å². The van der Waals surface area contributed by atoms with E-state index < -0.39 is 0 Å². The molecule has 82 valence electrons. The first-order valence-corrected chi connectivity index (χ1v) is 5.42. The molecule has 0 aromatic carbocycles. The molecular weight excluding hydrogens is 178 g/mol. The van der Waals surface area contributed by atoms with Crippen molar-refractivity contribution in [2.75, 3.05) is 19.7 Å². The number of carbonyl (C=O) groups excluding carboxylic acids is 1. The lowest BCUT2D eigenvalue weighted by atomic mass is 9.83. The van der Waals surface area contributed by atoms with E-state index in [0.717, 1.165) is 19.5 Å². The van der Waals surface area contributed by atoms with Crippen LogP contribution in [0.5, 0.6) is 0 Å². The van der Waals surface area contributed by atoms with Crippen LogP contribution in [-0.2, 0) is 4.79 Å². The summed E-state index contributed by atoms with van der Waals surface area (Å²) in [6, 6.07) is 0. The molecule has 1 N–H and O–H groups in total. The van der Waals surface area contributed by atoms with E-state index in [1.807, 2.05) is 4.90 Å². The number of carbonyl (C=O) groups is 1. The highest BCUT2D eigenvalue weighted by Gasteiger charge is 2.31. The Morgan fingerprint density at radius 2 is 2.21 bits per heavy atom. The normalized spacial score (nSPS) is 24.4. The number of aliphatic hydroxyl groups is 1. The summed E-state index contributed by atoms with van der Waals surface area (Å²) < 4.78 is 0. The molecule has 14 heavy (non-hydrogen) atoms. The third-order valence-electron chi connectivity index (χ3n) is 3.34. The molecule has 0 radical (unpaired) electrons. The maximum absolute atomic E-state index is 11.1. The second-order valence-electron chi connectivity index (χ2n) is 4.60. The van der Waals surface area contributed by atoms with Crippen molar-refractivity contribution in [3.63, 3.8) is 0 Å². The van der Waals surface area contributed by atoms with E-state index >= 15 is 0 Å². The topological polar surface area (TPSA) is 40.5 Å². The average molecular weight is 199 g/mol. The average Bonchev–Trinajstić information content (AvgIpc) is 2.53. The molecular formula is C11H21NO2. The first kappa shape index (κ1) is 11.5. The molecule has 1 aliphatic rings. The molecule has 1 fully saturated rings. The lowest BCUT2D eigenvalue weighted by Crippen LogP contribution is -2.30. The number of amides is 1. The minimum absolute atomic E-state index is 0.160. The SMILES string of the molecule is CC(=O)N1CCC(C(CO)C(C)C)C1. The first-order valence-electron chi connectivity index (χ1n) is 5.42. The van der Waals surface area contributed by atoms with Crippen LogP contribution in [0, 0.1) is 17.8 Å². The van der Waals surface area contributed by atoms with Crippen molar-refractivity contribution in [2.45, 2.75) is 27.2 Å². The maximum atomic E-state index is 11.1. The van der Waals surface area contributed by atoms with Crippen LogP contribution in [0.25, 0.3) is 0 Å². The summed E-state index contributed by atoms with van der Waals surface area (Å²) in [5.74, 6) is 1.49. The molecule has 1 aliphatic heterocycles. The Morgan fingerprint density at radius 3 is 2.57 bits per heavy atom. The van der Waals surface area contributed by atoms with Crippen LogP contribution < -0.4 is 0 Å². The van der Waals surface area contributed by atoms with Gasteiger partial charge >= 0.3 is 0 Å². The Kier molecular flexibility index (Phi) is 3.93. The third-order valence-corrected chi connectivity index (χ3v) is 3.34. The molecule has 2 atom stereocenters. The van der Waals surface area contributed by atoms with Gasteiger partial charge < -0.3 is 10.0 Å². The van der Waals surface area contributed by atoms with E-state index in [2.05, 4.69) is 13.8 Å². The van der Waals surface area contributed by atoms with Gasteiger partial charge in [0, 0.05) is 26.6 Å². The highest BCUT2D eigenvalue weighted by molar-refractivity contribution is 5.73. The van der Waals surface area contributed by atoms with Crippen molar-refractivity contribution in [3.05, 3.63) is 0 Å². The van der Waals surface area contributed by atoms with Gasteiger partial charge in [-0.2, -0.15) is 0 Å². The number of hydrogen-bond acceptors (Lipinski definition) is 2. The Balaban J connectivity index is 2.51. The van der Waals surface area contributed by atoms with E-state index in [1.165, 1.54) is 0 Å². The van der Waals surface area contributed by atoms with Crippen molar-refractivity contribution < 1.29 is 9.90 Å². The minimum atomic E-state index is 0.160. The fourth-order valence-corrected chi connectivity index (χ4v) is 2.33. The smallest absolute Gasteiger partial charge is 0.219 e. The van der Waals surface area contributed by atoms with Gasteiger partial charge in [-0.3, -0.25) is 4.79 Å². The molecule has 0 aromatic rings. The van der Waals surface area contributed by atoms with Crippen LogP contribution in [0.2, 0.25) is 0 Å². The zero-order valence-electron chi connectivity index (χ0n) is 9.36. The van der Waals surface area contributed by atoms with Crippen LogP contribution in [0.4, 0.5) is 0 Å². The van der Waals surface area contributed by atoms with Crippen molar-refractivity contribution in [1.82, 2.24) is 4.90 Å². The summed E-state index contributed by atoms with van der Waals surface area (Å²) in [6.07, 6.45) is 1.04. The molecule has 3 nitrogen and oxygen atoms in total. The molecule has 1 amide bonds. The molecule has 3 heteroatoms. The number of aliphatic hydroxyl groups excluding tert-OH is 1. The predicted octanol–water partition coefficient (Wildman–Crippen LogP) is 1.12. The summed E-state index contributed by atoms with van der Waals surface area (Å²) >= 11 is 0. The number of hydrogen-bond donors (Lipinski definition) is 1. The molecule has 2 unspecified atom stereocenters. The van der Waals surface area contributed by atoms with Crippen LogP contribution in [0.3, 0.4) is 0 Å². The van der Waals surface area contributed by atoms with Crippen molar-refractivity contribution >= 4 is 5.91 Å². The Morgan fingerprint density at radius 1 is 1.57 bits per heavy atom. The third kappa shape index (κ3) is 2.47. The zero-order chi connectivity index (χ0) is 10.7.